The zero-order valence-corrected chi connectivity index (χ0v) is 15.0. The van der Waals surface area contributed by atoms with Crippen molar-refractivity contribution in [1.29, 1.82) is 0 Å². The number of halogens is 2. The molecule has 7 heteroatoms. The molecule has 5 nitrogen and oxygen atoms in total. The highest BCUT2D eigenvalue weighted by atomic mass is 127. The molecule has 0 atom stereocenters. The summed E-state index contributed by atoms with van der Waals surface area (Å²) in [6.07, 6.45) is 1.78. The second-order valence-electron chi connectivity index (χ2n) is 6.01. The molecular formula is C12H15I2N3O2. The van der Waals surface area contributed by atoms with Crippen LogP contribution in [0.25, 0.3) is 0 Å². The first-order chi connectivity index (χ1) is 8.79. The van der Waals surface area contributed by atoms with Gasteiger partial charge in [-0.05, 0) is 64.4 Å². The van der Waals surface area contributed by atoms with Gasteiger partial charge in [-0.3, -0.25) is 0 Å². The summed E-state index contributed by atoms with van der Waals surface area (Å²) in [5, 5.41) is 11.5. The van der Waals surface area contributed by atoms with Crippen molar-refractivity contribution in [2.75, 3.05) is 0 Å². The van der Waals surface area contributed by atoms with Gasteiger partial charge in [0.25, 0.3) is 0 Å². The molecule has 0 spiro atoms. The monoisotopic (exact) mass is 487 g/mol. The average Bonchev–Trinajstić information content (AvgIpc) is 2.48. The van der Waals surface area contributed by atoms with E-state index < -0.39 is 6.09 Å². The molecule has 2 N–H and O–H groups in total. The minimum Gasteiger partial charge on any atom is -0.465 e. The van der Waals surface area contributed by atoms with Gasteiger partial charge >= 0.3 is 6.09 Å². The molecule has 3 aliphatic rings. The van der Waals surface area contributed by atoms with Gasteiger partial charge in [0.2, 0.25) is 0 Å². The summed E-state index contributed by atoms with van der Waals surface area (Å²) in [6, 6.07) is 0. The third kappa shape index (κ3) is 1.90. The van der Waals surface area contributed by atoms with E-state index in [-0.39, 0.29) is 11.1 Å². The van der Waals surface area contributed by atoms with Gasteiger partial charge in [0.15, 0.2) is 0 Å². The van der Waals surface area contributed by atoms with E-state index in [1.165, 1.54) is 3.70 Å². The lowest BCUT2D eigenvalue weighted by Gasteiger charge is -2.70. The lowest BCUT2D eigenvalue weighted by Crippen LogP contribution is -2.79. The molecule has 3 aliphatic carbocycles. The fourth-order valence-electron chi connectivity index (χ4n) is 3.56. The largest absolute Gasteiger partial charge is 0.465 e. The molecule has 3 fully saturated rings. The van der Waals surface area contributed by atoms with E-state index in [4.69, 9.17) is 5.11 Å². The van der Waals surface area contributed by atoms with Gasteiger partial charge < -0.3 is 15.0 Å². The number of hydrogen-bond donors (Lipinski definition) is 2. The fraction of sp³-hybridized carbons (Fsp3) is 0.667. The van der Waals surface area contributed by atoms with Crippen LogP contribution < -0.4 is 5.32 Å². The third-order valence-corrected chi connectivity index (χ3v) is 6.95. The van der Waals surface area contributed by atoms with Gasteiger partial charge in [-0.15, -0.1) is 0 Å². The molecular weight excluding hydrogens is 472 g/mol. The maximum atomic E-state index is 10.8. The number of hydrogen-bond acceptors (Lipinski definition) is 2. The summed E-state index contributed by atoms with van der Waals surface area (Å²) in [4.78, 5) is 15.5. The van der Waals surface area contributed by atoms with Crippen LogP contribution in [0.15, 0.2) is 0 Å². The van der Waals surface area contributed by atoms with Crippen LogP contribution in [-0.2, 0) is 5.54 Å². The summed E-state index contributed by atoms with van der Waals surface area (Å²) in [5.74, 6) is 1.51. The van der Waals surface area contributed by atoms with E-state index in [1.54, 1.807) is 0 Å². The Balaban J connectivity index is 1.89. The summed E-state index contributed by atoms with van der Waals surface area (Å²) in [7, 11) is 0. The van der Waals surface area contributed by atoms with Crippen LogP contribution in [-0.4, -0.2) is 26.3 Å². The van der Waals surface area contributed by atoms with Crippen LogP contribution in [0.1, 0.15) is 44.9 Å². The molecule has 3 saturated carbocycles. The van der Waals surface area contributed by atoms with E-state index in [0.717, 1.165) is 28.8 Å². The molecule has 1 heterocycles. The maximum absolute atomic E-state index is 10.8. The Bertz CT molecular complexity index is 548. The average molecular weight is 487 g/mol. The Morgan fingerprint density at radius 3 is 2.47 bits per heavy atom. The Morgan fingerprint density at radius 2 is 2.00 bits per heavy atom. The van der Waals surface area contributed by atoms with Gasteiger partial charge in [-0.1, -0.05) is 13.8 Å². The van der Waals surface area contributed by atoms with E-state index in [9.17, 15) is 4.79 Å². The zero-order chi connectivity index (χ0) is 14.0. The van der Waals surface area contributed by atoms with Gasteiger partial charge in [0, 0.05) is 5.92 Å². The number of nitrogens with zero attached hydrogens (tertiary/aromatic N) is 2. The number of nitrogens with one attached hydrogen (secondary N) is 1. The number of aromatic nitrogens is 2. The second-order valence-corrected chi connectivity index (χ2v) is 8.05. The molecule has 1 aromatic rings. The summed E-state index contributed by atoms with van der Waals surface area (Å²) < 4.78 is 4.59. The molecule has 1 amide bonds. The van der Waals surface area contributed by atoms with Crippen LogP contribution in [0.3, 0.4) is 0 Å². The summed E-state index contributed by atoms with van der Waals surface area (Å²) in [5.41, 5.74) is -0.0616. The van der Waals surface area contributed by atoms with E-state index in [1.807, 2.05) is 0 Å². The van der Waals surface area contributed by atoms with Gasteiger partial charge in [-0.2, -0.15) is 0 Å². The van der Waals surface area contributed by atoms with Crippen molar-refractivity contribution in [2.45, 2.75) is 50.1 Å². The van der Waals surface area contributed by atoms with E-state index in [0.29, 0.717) is 5.92 Å². The Kier molecular flexibility index (Phi) is 3.09. The quantitative estimate of drug-likeness (QED) is 0.645. The number of carbonyl (C=O) groups is 1. The first-order valence-electron chi connectivity index (χ1n) is 6.24. The molecule has 2 bridgehead atoms. The van der Waals surface area contributed by atoms with Crippen molar-refractivity contribution < 1.29 is 9.90 Å². The fourth-order valence-corrected chi connectivity index (χ4v) is 4.93. The van der Waals surface area contributed by atoms with Gasteiger partial charge in [0.1, 0.15) is 13.2 Å². The topological polar surface area (TPSA) is 67.2 Å². The van der Waals surface area contributed by atoms with Crippen molar-refractivity contribution in [2.24, 2.45) is 0 Å². The Morgan fingerprint density at radius 1 is 1.42 bits per heavy atom. The van der Waals surface area contributed by atoms with Gasteiger partial charge in [0.05, 0.1) is 11.1 Å². The first-order valence-corrected chi connectivity index (χ1v) is 8.40. The smallest absolute Gasteiger partial charge is 0.405 e. The van der Waals surface area contributed by atoms with Crippen molar-refractivity contribution in [3.63, 3.8) is 0 Å². The highest BCUT2D eigenvalue weighted by molar-refractivity contribution is 14.1. The molecule has 19 heavy (non-hydrogen) atoms. The van der Waals surface area contributed by atoms with Crippen molar-refractivity contribution in [3.05, 3.63) is 13.2 Å². The summed E-state index contributed by atoms with van der Waals surface area (Å²) in [6.45, 7) is 4.31. The van der Waals surface area contributed by atoms with Gasteiger partial charge in [-0.25, -0.2) is 9.78 Å². The highest BCUT2D eigenvalue weighted by Crippen LogP contribution is 2.66. The Hall–Kier alpha value is -0.0600. The Labute approximate surface area is 138 Å². The molecule has 0 unspecified atom stereocenters. The highest BCUT2D eigenvalue weighted by Gasteiger charge is 2.70. The van der Waals surface area contributed by atoms with Crippen LogP contribution in [0.5, 0.6) is 0 Å². The van der Waals surface area contributed by atoms with E-state index >= 15 is 0 Å². The van der Waals surface area contributed by atoms with E-state index in [2.05, 4.69) is 73.9 Å². The number of rotatable bonds is 3. The molecule has 4 rings (SSSR count). The molecule has 0 aromatic carbocycles. The number of carboxylic acid groups (broad SMARTS) is 1. The second kappa shape index (κ2) is 4.22. The van der Waals surface area contributed by atoms with Crippen LogP contribution in [0.4, 0.5) is 4.79 Å². The molecule has 104 valence electrons. The van der Waals surface area contributed by atoms with Crippen LogP contribution in [0.2, 0.25) is 0 Å². The minimum absolute atomic E-state index is 0.106. The molecule has 1 aromatic heterocycles. The molecule has 0 saturated heterocycles. The van der Waals surface area contributed by atoms with Crippen molar-refractivity contribution in [3.8, 4) is 0 Å². The van der Waals surface area contributed by atoms with Crippen LogP contribution in [0, 0.1) is 7.40 Å². The molecule has 0 aliphatic heterocycles. The van der Waals surface area contributed by atoms with Crippen molar-refractivity contribution in [1.82, 2.24) is 14.9 Å². The summed E-state index contributed by atoms with van der Waals surface area (Å²) >= 11 is 4.63. The lowest BCUT2D eigenvalue weighted by molar-refractivity contribution is -0.136. The predicted octanol–water partition coefficient (Wildman–Crippen LogP) is 3.11. The number of imidazole rings is 1. The maximum Gasteiger partial charge on any atom is 0.405 e. The standard InChI is InChI=1S/C12H15I2N3O2/c1-6(2)9-15-7(13)8(14)17(9)12-3-11(4-12,5-12)16-10(18)19/h6,16H,3-5H2,1-2H3,(H,18,19). The van der Waals surface area contributed by atoms with Crippen LogP contribution >= 0.6 is 45.2 Å². The lowest BCUT2D eigenvalue weighted by atomic mass is 9.44. The predicted molar refractivity (Wildman–Crippen MR) is 87.5 cm³/mol. The normalized spacial score (nSPS) is 31.8. The minimum atomic E-state index is -0.910. The first kappa shape index (κ1) is 13.9. The molecule has 0 radical (unpaired) electrons. The third-order valence-electron chi connectivity index (χ3n) is 4.17. The zero-order valence-electron chi connectivity index (χ0n) is 10.7. The van der Waals surface area contributed by atoms with Crippen molar-refractivity contribution >= 4 is 51.3 Å². The SMILES string of the molecule is CC(C)c1nc(I)c(I)n1C12CC(NC(=O)O)(C1)C2. The number of amides is 1.